The lowest BCUT2D eigenvalue weighted by atomic mass is 10.4. The Kier molecular flexibility index (Phi) is 4.11. The molecule has 0 radical (unpaired) electrons. The van der Waals surface area contributed by atoms with Crippen LogP contribution in [0.1, 0.15) is 18.4 Å². The average molecular weight is 317 g/mol. The minimum Gasteiger partial charge on any atom is -0.447 e. The van der Waals surface area contributed by atoms with E-state index in [2.05, 4.69) is 25.2 Å². The topological polar surface area (TPSA) is 127 Å². The Balaban J connectivity index is 2.08. The molecule has 0 unspecified atom stereocenters. The molecule has 1 amide bonds. The van der Waals surface area contributed by atoms with Crippen molar-refractivity contribution in [3.05, 3.63) is 17.8 Å². The molecule has 2 aromatic heterocycles. The molecule has 11 heteroatoms. The van der Waals surface area contributed by atoms with Gasteiger partial charge in [-0.3, -0.25) is 4.79 Å². The largest absolute Gasteiger partial charge is 0.447 e. The van der Waals surface area contributed by atoms with Crippen molar-refractivity contribution in [1.29, 1.82) is 0 Å². The van der Waals surface area contributed by atoms with Gasteiger partial charge in [-0.15, -0.1) is 10.2 Å². The number of aromatic nitrogens is 3. The summed E-state index contributed by atoms with van der Waals surface area (Å²) in [5.74, 6) is 0.0653. The van der Waals surface area contributed by atoms with Gasteiger partial charge in [0.2, 0.25) is 15.4 Å². The Hall–Kier alpha value is -1.85. The third-order valence-electron chi connectivity index (χ3n) is 2.19. The number of hydrogen-bond donors (Lipinski definition) is 2. The number of nitrogens with zero attached hydrogens (tertiary/aromatic N) is 3. The number of hydrogen-bond acceptors (Lipinski definition) is 8. The second kappa shape index (κ2) is 5.64. The number of oxazole rings is 1. The third-order valence-corrected chi connectivity index (χ3v) is 4.79. The van der Waals surface area contributed by atoms with E-state index in [-0.39, 0.29) is 21.9 Å². The first-order valence-corrected chi connectivity index (χ1v) is 7.68. The van der Waals surface area contributed by atoms with Gasteiger partial charge in [-0.1, -0.05) is 11.3 Å². The maximum absolute atomic E-state index is 12.0. The first-order valence-electron chi connectivity index (χ1n) is 5.38. The van der Waals surface area contributed by atoms with E-state index >= 15 is 0 Å². The van der Waals surface area contributed by atoms with Crippen molar-refractivity contribution in [2.24, 2.45) is 0 Å². The van der Waals surface area contributed by atoms with Crippen LogP contribution in [0.5, 0.6) is 0 Å². The molecule has 2 rings (SSSR count). The van der Waals surface area contributed by atoms with Gasteiger partial charge in [-0.05, 0) is 6.92 Å². The number of aryl methyl sites for hydroxylation is 1. The number of rotatable bonds is 5. The Morgan fingerprint density at radius 1 is 1.45 bits per heavy atom. The Labute approximate surface area is 118 Å². The summed E-state index contributed by atoms with van der Waals surface area (Å²) >= 11 is 0.759. The predicted octanol–water partition coefficient (Wildman–Crippen LogP) is 0.271. The fraction of sp³-hybridized carbons (Fsp3) is 0.333. The minimum absolute atomic E-state index is 0.0385. The molecule has 0 saturated heterocycles. The Morgan fingerprint density at radius 2 is 2.20 bits per heavy atom. The van der Waals surface area contributed by atoms with E-state index in [1.165, 1.54) is 13.3 Å². The van der Waals surface area contributed by atoms with Crippen molar-refractivity contribution >= 4 is 32.4 Å². The van der Waals surface area contributed by atoms with E-state index in [4.69, 9.17) is 4.42 Å². The number of sulfonamides is 1. The van der Waals surface area contributed by atoms with Gasteiger partial charge in [-0.25, -0.2) is 18.1 Å². The van der Waals surface area contributed by atoms with E-state index in [0.717, 1.165) is 11.3 Å². The van der Waals surface area contributed by atoms with E-state index in [0.29, 0.717) is 11.5 Å². The van der Waals surface area contributed by atoms with E-state index < -0.39 is 10.0 Å². The van der Waals surface area contributed by atoms with Crippen LogP contribution in [-0.4, -0.2) is 29.5 Å². The highest BCUT2D eigenvalue weighted by molar-refractivity contribution is 7.91. The smallest absolute Gasteiger partial charge is 0.270 e. The molecule has 0 fully saturated rings. The minimum atomic E-state index is -3.81. The van der Waals surface area contributed by atoms with E-state index in [1.807, 2.05) is 0 Å². The normalized spacial score (nSPS) is 11.5. The van der Waals surface area contributed by atoms with Gasteiger partial charge in [0.05, 0.1) is 12.2 Å². The van der Waals surface area contributed by atoms with Crippen LogP contribution in [0.2, 0.25) is 0 Å². The highest BCUT2D eigenvalue weighted by Crippen LogP contribution is 2.20. The maximum Gasteiger partial charge on any atom is 0.270 e. The zero-order valence-electron chi connectivity index (χ0n) is 10.6. The van der Waals surface area contributed by atoms with Crippen LogP contribution in [0.4, 0.5) is 5.13 Å². The van der Waals surface area contributed by atoms with Crippen molar-refractivity contribution < 1.29 is 17.6 Å². The van der Waals surface area contributed by atoms with Crippen LogP contribution in [0.15, 0.2) is 15.2 Å². The van der Waals surface area contributed by atoms with Crippen molar-refractivity contribution in [2.45, 2.75) is 24.7 Å². The monoisotopic (exact) mass is 317 g/mol. The molecule has 108 valence electrons. The number of carbonyl (C=O) groups excluding carboxylic acids is 1. The maximum atomic E-state index is 12.0. The summed E-state index contributed by atoms with van der Waals surface area (Å²) in [4.78, 5) is 14.7. The van der Waals surface area contributed by atoms with E-state index in [1.54, 1.807) is 6.92 Å². The quantitative estimate of drug-likeness (QED) is 0.758. The van der Waals surface area contributed by atoms with Crippen molar-refractivity contribution in [3.8, 4) is 0 Å². The van der Waals surface area contributed by atoms with Gasteiger partial charge in [0.1, 0.15) is 5.76 Å². The van der Waals surface area contributed by atoms with Crippen molar-refractivity contribution in [1.82, 2.24) is 19.9 Å². The van der Waals surface area contributed by atoms with Crippen LogP contribution in [0, 0.1) is 6.92 Å². The highest BCUT2D eigenvalue weighted by Gasteiger charge is 2.21. The second-order valence-corrected chi connectivity index (χ2v) is 6.66. The number of carbonyl (C=O) groups is 1. The molecule has 0 spiro atoms. The summed E-state index contributed by atoms with van der Waals surface area (Å²) in [5, 5.41) is 9.57. The lowest BCUT2D eigenvalue weighted by molar-refractivity contribution is -0.114. The van der Waals surface area contributed by atoms with Crippen LogP contribution in [0.25, 0.3) is 0 Å². The summed E-state index contributed by atoms with van der Waals surface area (Å²) in [7, 11) is -3.81. The molecule has 0 aliphatic carbocycles. The Bertz CT molecular complexity index is 720. The van der Waals surface area contributed by atoms with E-state index in [9.17, 15) is 13.2 Å². The number of anilines is 1. The number of amides is 1. The Morgan fingerprint density at radius 3 is 2.80 bits per heavy atom. The molecule has 0 aliphatic rings. The fourth-order valence-electron chi connectivity index (χ4n) is 1.24. The molecule has 20 heavy (non-hydrogen) atoms. The summed E-state index contributed by atoms with van der Waals surface area (Å²) < 4.78 is 31.0. The molecule has 0 bridgehead atoms. The van der Waals surface area contributed by atoms with Crippen molar-refractivity contribution in [3.63, 3.8) is 0 Å². The first-order chi connectivity index (χ1) is 9.38. The van der Waals surface area contributed by atoms with Gasteiger partial charge >= 0.3 is 0 Å². The molecular weight excluding hydrogens is 306 g/mol. The van der Waals surface area contributed by atoms with Gasteiger partial charge in [-0.2, -0.15) is 0 Å². The lowest BCUT2D eigenvalue weighted by Gasteiger charge is -2.01. The van der Waals surface area contributed by atoms with Crippen LogP contribution in [0.3, 0.4) is 0 Å². The molecule has 9 nitrogen and oxygen atoms in total. The van der Waals surface area contributed by atoms with Crippen LogP contribution in [-0.2, 0) is 21.4 Å². The standard InChI is InChI=1S/C9H11N5O4S2/c1-5-7(18-4-10-5)3-11-20(16,17)9-14-13-8(19-9)12-6(2)15/h4,11H,3H2,1-2H3,(H,12,13,15). The SMILES string of the molecule is CC(=O)Nc1nnc(S(=O)(=O)NCc2ocnc2C)s1. The fourth-order valence-corrected chi connectivity index (χ4v) is 3.21. The molecule has 2 N–H and O–H groups in total. The summed E-state index contributed by atoms with van der Waals surface area (Å²) in [6.07, 6.45) is 1.23. The third kappa shape index (κ3) is 3.37. The zero-order chi connectivity index (χ0) is 14.8. The van der Waals surface area contributed by atoms with Crippen LogP contribution < -0.4 is 10.0 Å². The van der Waals surface area contributed by atoms with Gasteiger partial charge in [0.25, 0.3) is 10.0 Å². The van der Waals surface area contributed by atoms with Gasteiger partial charge < -0.3 is 9.73 Å². The molecule has 2 heterocycles. The molecule has 0 aliphatic heterocycles. The van der Waals surface area contributed by atoms with Crippen LogP contribution >= 0.6 is 11.3 Å². The molecule has 0 saturated carbocycles. The number of nitrogens with one attached hydrogen (secondary N) is 2. The molecule has 2 aromatic rings. The van der Waals surface area contributed by atoms with Gasteiger partial charge in [0, 0.05) is 6.92 Å². The predicted molar refractivity (Wildman–Crippen MR) is 69.5 cm³/mol. The highest BCUT2D eigenvalue weighted by atomic mass is 32.2. The lowest BCUT2D eigenvalue weighted by Crippen LogP contribution is -2.23. The zero-order valence-corrected chi connectivity index (χ0v) is 12.2. The van der Waals surface area contributed by atoms with Gasteiger partial charge in [0.15, 0.2) is 6.39 Å². The summed E-state index contributed by atoms with van der Waals surface area (Å²) in [6, 6.07) is 0. The first kappa shape index (κ1) is 14.6. The average Bonchev–Trinajstić information content (AvgIpc) is 2.95. The molecule has 0 aromatic carbocycles. The summed E-state index contributed by atoms with van der Waals surface area (Å²) in [5.41, 5.74) is 0.601. The van der Waals surface area contributed by atoms with Crippen molar-refractivity contribution in [2.75, 3.05) is 5.32 Å². The molecular formula is C9H11N5O4S2. The second-order valence-electron chi connectivity index (χ2n) is 3.74. The summed E-state index contributed by atoms with van der Waals surface area (Å²) in [6.45, 7) is 2.96. The molecule has 0 atom stereocenters.